The average molecular weight is 271 g/mol. The largest absolute Gasteiger partial charge is 0.467 e. The van der Waals surface area contributed by atoms with Crippen LogP contribution in [0.3, 0.4) is 0 Å². The van der Waals surface area contributed by atoms with Crippen LogP contribution in [0.1, 0.15) is 30.6 Å². The van der Waals surface area contributed by atoms with Gasteiger partial charge in [-0.3, -0.25) is 4.79 Å². The molecule has 1 aromatic carbocycles. The molecule has 0 heterocycles. The highest BCUT2D eigenvalue weighted by atomic mass is 19.1. The van der Waals surface area contributed by atoms with Crippen LogP contribution in [-0.4, -0.2) is 24.5 Å². The second kappa shape index (κ2) is 5.77. The lowest BCUT2D eigenvalue weighted by Gasteiger charge is -2.26. The number of methoxy groups -OCH3 is 1. The number of hydrogen-bond donors (Lipinski definition) is 1. The van der Waals surface area contributed by atoms with Crippen LogP contribution in [0, 0.1) is 11.6 Å². The summed E-state index contributed by atoms with van der Waals surface area (Å²) in [6, 6.07) is 2.60. The van der Waals surface area contributed by atoms with Gasteiger partial charge in [-0.05, 0) is 25.5 Å². The van der Waals surface area contributed by atoms with Gasteiger partial charge in [0, 0.05) is 6.07 Å². The lowest BCUT2D eigenvalue weighted by molar-refractivity contribution is -0.147. The Balaban J connectivity index is 2.98. The van der Waals surface area contributed by atoms with Gasteiger partial charge in [-0.1, -0.05) is 6.92 Å². The highest BCUT2D eigenvalue weighted by Gasteiger charge is 2.34. The first-order valence-electron chi connectivity index (χ1n) is 5.70. The van der Waals surface area contributed by atoms with Gasteiger partial charge in [0.15, 0.2) is 0 Å². The Morgan fingerprint density at radius 1 is 1.37 bits per heavy atom. The molecular formula is C13H15F2NO3. The predicted octanol–water partition coefficient (Wildman–Crippen LogP) is 2.04. The zero-order valence-electron chi connectivity index (χ0n) is 10.9. The van der Waals surface area contributed by atoms with E-state index in [-0.39, 0.29) is 12.0 Å². The Labute approximate surface area is 109 Å². The summed E-state index contributed by atoms with van der Waals surface area (Å²) in [4.78, 5) is 23.5. The Hall–Kier alpha value is -1.98. The van der Waals surface area contributed by atoms with Crippen molar-refractivity contribution in [2.45, 2.75) is 25.8 Å². The minimum Gasteiger partial charge on any atom is -0.467 e. The minimum absolute atomic E-state index is 0.272. The molecule has 1 rings (SSSR count). The van der Waals surface area contributed by atoms with E-state index in [2.05, 4.69) is 10.1 Å². The van der Waals surface area contributed by atoms with E-state index in [1.807, 2.05) is 0 Å². The van der Waals surface area contributed by atoms with E-state index in [0.29, 0.717) is 6.07 Å². The number of nitrogens with one attached hydrogen (secondary N) is 1. The summed E-state index contributed by atoms with van der Waals surface area (Å²) in [7, 11) is 1.20. The standard InChI is InChI=1S/C13H15F2NO3/c1-4-13(2,12(18)19-3)16-11(17)9-6-5-8(14)7-10(9)15/h5-7H,4H2,1-3H3,(H,16,17)/t13-/m1/s1. The monoisotopic (exact) mass is 271 g/mol. The molecule has 0 spiro atoms. The highest BCUT2D eigenvalue weighted by Crippen LogP contribution is 2.15. The van der Waals surface area contributed by atoms with Gasteiger partial charge >= 0.3 is 5.97 Å². The molecule has 4 nitrogen and oxygen atoms in total. The molecule has 0 aliphatic carbocycles. The van der Waals surface area contributed by atoms with E-state index >= 15 is 0 Å². The molecule has 0 saturated heterocycles. The fourth-order valence-corrected chi connectivity index (χ4v) is 1.50. The maximum absolute atomic E-state index is 13.4. The lowest BCUT2D eigenvalue weighted by atomic mass is 9.98. The van der Waals surface area contributed by atoms with Crippen molar-refractivity contribution in [3.8, 4) is 0 Å². The van der Waals surface area contributed by atoms with Crippen molar-refractivity contribution in [3.05, 3.63) is 35.4 Å². The van der Waals surface area contributed by atoms with Crippen LogP contribution >= 0.6 is 0 Å². The maximum atomic E-state index is 13.4. The molecule has 104 valence electrons. The predicted molar refractivity (Wildman–Crippen MR) is 64.5 cm³/mol. The topological polar surface area (TPSA) is 55.4 Å². The first kappa shape index (κ1) is 15.1. The number of ether oxygens (including phenoxy) is 1. The Kier molecular flexibility index (Phi) is 4.58. The van der Waals surface area contributed by atoms with Crippen LogP contribution in [0.5, 0.6) is 0 Å². The highest BCUT2D eigenvalue weighted by molar-refractivity contribution is 5.98. The fourth-order valence-electron chi connectivity index (χ4n) is 1.50. The third-order valence-electron chi connectivity index (χ3n) is 2.91. The van der Waals surface area contributed by atoms with E-state index in [0.717, 1.165) is 12.1 Å². The molecule has 0 bridgehead atoms. The number of halogens is 2. The number of rotatable bonds is 4. The molecule has 0 saturated carbocycles. The van der Waals surface area contributed by atoms with Crippen LogP contribution in [0.4, 0.5) is 8.78 Å². The number of esters is 1. The van der Waals surface area contributed by atoms with Gasteiger partial charge in [0.1, 0.15) is 17.2 Å². The first-order valence-corrected chi connectivity index (χ1v) is 5.70. The van der Waals surface area contributed by atoms with Gasteiger partial charge in [0.2, 0.25) is 0 Å². The van der Waals surface area contributed by atoms with Gasteiger partial charge in [-0.15, -0.1) is 0 Å². The third-order valence-corrected chi connectivity index (χ3v) is 2.91. The van der Waals surface area contributed by atoms with E-state index in [4.69, 9.17) is 0 Å². The second-order valence-corrected chi connectivity index (χ2v) is 4.26. The minimum atomic E-state index is -1.26. The van der Waals surface area contributed by atoms with Gasteiger partial charge in [-0.2, -0.15) is 0 Å². The lowest BCUT2D eigenvalue weighted by Crippen LogP contribution is -2.52. The molecule has 0 aromatic heterocycles. The van der Waals surface area contributed by atoms with Gasteiger partial charge in [-0.25, -0.2) is 13.6 Å². The summed E-state index contributed by atoms with van der Waals surface area (Å²) in [6.07, 6.45) is 0.272. The summed E-state index contributed by atoms with van der Waals surface area (Å²) >= 11 is 0. The first-order chi connectivity index (χ1) is 8.84. The normalized spacial score (nSPS) is 13.5. The van der Waals surface area contributed by atoms with E-state index in [1.165, 1.54) is 14.0 Å². The van der Waals surface area contributed by atoms with Gasteiger partial charge < -0.3 is 10.1 Å². The molecule has 1 atom stereocenters. The molecule has 19 heavy (non-hydrogen) atoms. The zero-order valence-corrected chi connectivity index (χ0v) is 10.9. The molecular weight excluding hydrogens is 256 g/mol. The number of carbonyl (C=O) groups is 2. The zero-order chi connectivity index (χ0) is 14.6. The SMILES string of the molecule is CC[C@@](C)(NC(=O)c1ccc(F)cc1F)C(=O)OC. The van der Waals surface area contributed by atoms with Gasteiger partial charge in [0.25, 0.3) is 5.91 Å². The number of benzene rings is 1. The summed E-state index contributed by atoms with van der Waals surface area (Å²) in [5, 5.41) is 2.39. The quantitative estimate of drug-likeness (QED) is 0.852. The van der Waals surface area contributed by atoms with Crippen molar-refractivity contribution in [3.63, 3.8) is 0 Å². The second-order valence-electron chi connectivity index (χ2n) is 4.26. The van der Waals surface area contributed by atoms with Crippen molar-refractivity contribution in [1.82, 2.24) is 5.32 Å². The fraction of sp³-hybridized carbons (Fsp3) is 0.385. The van der Waals surface area contributed by atoms with Crippen LogP contribution in [0.2, 0.25) is 0 Å². The van der Waals surface area contributed by atoms with Crippen molar-refractivity contribution < 1.29 is 23.1 Å². The van der Waals surface area contributed by atoms with Crippen LogP contribution < -0.4 is 5.32 Å². The van der Waals surface area contributed by atoms with Crippen LogP contribution in [-0.2, 0) is 9.53 Å². The van der Waals surface area contributed by atoms with E-state index < -0.39 is 29.0 Å². The Bertz CT molecular complexity index is 505. The van der Waals surface area contributed by atoms with E-state index in [9.17, 15) is 18.4 Å². The number of hydrogen-bond acceptors (Lipinski definition) is 3. The summed E-state index contributed by atoms with van der Waals surface area (Å²) in [6.45, 7) is 3.15. The van der Waals surface area contributed by atoms with Crippen LogP contribution in [0.15, 0.2) is 18.2 Å². The molecule has 6 heteroatoms. The van der Waals surface area contributed by atoms with Crippen molar-refractivity contribution >= 4 is 11.9 Å². The van der Waals surface area contributed by atoms with Crippen molar-refractivity contribution in [2.24, 2.45) is 0 Å². The van der Waals surface area contributed by atoms with Gasteiger partial charge in [0.05, 0.1) is 12.7 Å². The van der Waals surface area contributed by atoms with E-state index in [1.54, 1.807) is 6.92 Å². The van der Waals surface area contributed by atoms with Crippen LogP contribution in [0.25, 0.3) is 0 Å². The molecule has 0 radical (unpaired) electrons. The smallest absolute Gasteiger partial charge is 0.331 e. The maximum Gasteiger partial charge on any atom is 0.331 e. The molecule has 1 amide bonds. The Morgan fingerprint density at radius 2 is 2.00 bits per heavy atom. The summed E-state index contributed by atoms with van der Waals surface area (Å²) in [5.41, 5.74) is -1.59. The summed E-state index contributed by atoms with van der Waals surface area (Å²) in [5.74, 6) is -3.20. The molecule has 1 aromatic rings. The molecule has 0 unspecified atom stereocenters. The molecule has 1 N–H and O–H groups in total. The molecule has 0 aliphatic rings. The average Bonchev–Trinajstić information content (AvgIpc) is 2.37. The van der Waals surface area contributed by atoms with Crippen molar-refractivity contribution in [2.75, 3.05) is 7.11 Å². The third kappa shape index (κ3) is 3.27. The molecule has 0 aliphatic heterocycles. The Morgan fingerprint density at radius 3 is 2.47 bits per heavy atom. The molecule has 0 fully saturated rings. The van der Waals surface area contributed by atoms with Crippen molar-refractivity contribution in [1.29, 1.82) is 0 Å². The summed E-state index contributed by atoms with van der Waals surface area (Å²) < 4.78 is 30.8. The number of carbonyl (C=O) groups excluding carboxylic acids is 2. The number of amides is 1.